The zero-order valence-corrected chi connectivity index (χ0v) is 47.0. The molecule has 84 heavy (non-hydrogen) atoms. The molecule has 6 aromatic heterocycles. The zero-order chi connectivity index (χ0) is 57.5. The molecule has 14 rings (SSSR count). The largest absolute Gasteiger partial charge is 0.569 e. The van der Waals surface area contributed by atoms with Crippen LogP contribution in [0.5, 0.6) is 5.75 Å². The fraction of sp³-hybridized carbons (Fsp3) is 0.0571. The molecule has 0 amide bonds. The minimum Gasteiger partial charge on any atom is -0.537 e. The quantitative estimate of drug-likeness (QED) is 0.108. The van der Waals surface area contributed by atoms with Crippen LogP contribution in [0.25, 0.3) is 123 Å². The van der Waals surface area contributed by atoms with Gasteiger partial charge >= 0.3 is 7.69 Å². The van der Waals surface area contributed by atoms with Crippen molar-refractivity contribution in [1.82, 2.24) is 49.8 Å². The molecule has 0 bridgehead atoms. The van der Waals surface area contributed by atoms with Crippen molar-refractivity contribution < 1.29 is 9.68 Å². The summed E-state index contributed by atoms with van der Waals surface area (Å²) in [7, 11) is 0.650. The van der Waals surface area contributed by atoms with E-state index in [-0.39, 0.29) is 0 Å². The molecule has 0 spiro atoms. The smallest absolute Gasteiger partial charge is 0.537 e. The summed E-state index contributed by atoms with van der Waals surface area (Å²) in [6.45, 7) is 7.97. The molecule has 1 radical (unpaired) electrons. The third kappa shape index (κ3) is 12.0. The zero-order valence-electron chi connectivity index (χ0n) is 46.2. The van der Waals surface area contributed by atoms with Gasteiger partial charge in [-0.1, -0.05) is 200 Å². The monoisotopic (exact) mass is 1110 g/mol. The summed E-state index contributed by atoms with van der Waals surface area (Å²) in [6.07, 6.45) is 0. The first-order chi connectivity index (χ1) is 41.1. The molecular formula is C70H51BClN10O2. The highest BCUT2D eigenvalue weighted by molar-refractivity contribution is 6.36. The maximum Gasteiger partial charge on any atom is 0.569 e. The fourth-order valence-corrected chi connectivity index (χ4v) is 10.2. The Balaban J connectivity index is 0.000000136. The molecule has 8 aromatic carbocycles. The van der Waals surface area contributed by atoms with Crippen LogP contribution >= 0.6 is 11.6 Å². The number of pyridine rings is 4. The Kier molecular flexibility index (Phi) is 15.7. The van der Waals surface area contributed by atoms with Gasteiger partial charge in [-0.2, -0.15) is 0 Å². The average Bonchev–Trinajstić information content (AvgIpc) is 3.00. The van der Waals surface area contributed by atoms with E-state index in [2.05, 4.69) is 79.5 Å². The first-order valence-corrected chi connectivity index (χ1v) is 27.6. The molecule has 0 saturated carbocycles. The van der Waals surface area contributed by atoms with E-state index in [0.717, 1.165) is 116 Å². The van der Waals surface area contributed by atoms with Crippen LogP contribution in [0, 0.1) is 27.7 Å². The summed E-state index contributed by atoms with van der Waals surface area (Å²) < 4.78 is 5.06. The number of benzene rings is 8. The van der Waals surface area contributed by atoms with E-state index >= 15 is 0 Å². The molecule has 0 fully saturated rings. The molecule has 14 heteroatoms. The van der Waals surface area contributed by atoms with E-state index in [1.54, 1.807) is 12.1 Å². The van der Waals surface area contributed by atoms with Crippen molar-refractivity contribution >= 4 is 62.9 Å². The van der Waals surface area contributed by atoms with Crippen molar-refractivity contribution in [2.45, 2.75) is 27.7 Å². The molecule has 14 aromatic rings. The van der Waals surface area contributed by atoms with E-state index in [9.17, 15) is 0 Å². The van der Waals surface area contributed by atoms with Gasteiger partial charge in [0.05, 0.1) is 27.1 Å². The third-order valence-corrected chi connectivity index (χ3v) is 14.2. The second-order valence-corrected chi connectivity index (χ2v) is 20.3. The Bertz CT molecular complexity index is 4580. The SMILES string of the molecule is Cc1ccc2ccc3c(-c4cccc(-c5nc(-c6ccccc6)nc(-c6ccccc6)n5)c4)cc(C)nc3c2n1.Cc1ccc2ccc3c(Cl)cc(C)nc3c2n1.O[B]Oc1cccc(-c2nc(-c3ccccc3)nc(-c3ccccc3)n2)c1. The van der Waals surface area contributed by atoms with Crippen LogP contribution in [0.4, 0.5) is 0 Å². The topological polar surface area (TPSA) is 158 Å². The summed E-state index contributed by atoms with van der Waals surface area (Å²) in [5, 5.41) is 13.8. The highest BCUT2D eigenvalue weighted by atomic mass is 35.5. The van der Waals surface area contributed by atoms with Crippen LogP contribution in [0.1, 0.15) is 22.8 Å². The first kappa shape index (κ1) is 54.1. The standard InChI is InChI=1S/C35H25N5.C21H15BN3O2.C14H11ClN2/c1-22-16-17-24-18-19-29-30(20-23(2)37-32(29)31(24)36-22)27-14-9-15-28(21-27)35-39-33(25-10-5-3-6-11-25)38-34(40-35)26-12-7-4-8-13-26;26-22-27-18-13-7-12-17(14-18)21-24-19(15-8-3-1-4-9-15)23-20(25-21)16-10-5-2-6-11-16;1-8-3-4-10-5-6-11-12(15)7-9(2)17-14(11)13(10)16-8/h3-21H,1-2H3;1-14,26H;3-7H,1-2H3. The first-order valence-electron chi connectivity index (χ1n) is 27.2. The van der Waals surface area contributed by atoms with Crippen molar-refractivity contribution in [1.29, 1.82) is 0 Å². The number of hydrogen-bond donors (Lipinski definition) is 1. The van der Waals surface area contributed by atoms with Crippen LogP contribution in [-0.4, -0.2) is 62.5 Å². The van der Waals surface area contributed by atoms with Crippen molar-refractivity contribution in [3.05, 3.63) is 258 Å². The van der Waals surface area contributed by atoms with Gasteiger partial charge in [0.1, 0.15) is 5.75 Å². The number of aryl methyl sites for hydroxylation is 4. The lowest BCUT2D eigenvalue weighted by molar-refractivity contribution is 0.454. The highest BCUT2D eigenvalue weighted by Crippen LogP contribution is 2.36. The number of nitrogens with zero attached hydrogens (tertiary/aromatic N) is 10. The lowest BCUT2D eigenvalue weighted by atomic mass is 9.97. The Morgan fingerprint density at radius 3 is 1.13 bits per heavy atom. The molecule has 1 N–H and O–H groups in total. The summed E-state index contributed by atoms with van der Waals surface area (Å²) in [4.78, 5) is 47.5. The van der Waals surface area contributed by atoms with Crippen molar-refractivity contribution in [3.8, 4) is 85.2 Å². The maximum atomic E-state index is 8.88. The van der Waals surface area contributed by atoms with Gasteiger partial charge in [-0.25, -0.2) is 29.9 Å². The normalized spacial score (nSPS) is 11.0. The molecule has 6 heterocycles. The third-order valence-electron chi connectivity index (χ3n) is 13.9. The van der Waals surface area contributed by atoms with E-state index in [1.165, 1.54) is 0 Å². The van der Waals surface area contributed by atoms with E-state index in [0.29, 0.717) is 48.4 Å². The Labute approximate surface area is 491 Å². The molecule has 12 nitrogen and oxygen atoms in total. The van der Waals surface area contributed by atoms with Gasteiger partial charge in [-0.05, 0) is 81.3 Å². The molecule has 0 aliphatic rings. The minimum absolute atomic E-state index is 0.498. The summed E-state index contributed by atoms with van der Waals surface area (Å²) >= 11 is 6.23. The van der Waals surface area contributed by atoms with Crippen LogP contribution in [0.2, 0.25) is 5.02 Å². The number of aromatic nitrogens is 10. The van der Waals surface area contributed by atoms with Crippen LogP contribution in [-0.2, 0) is 0 Å². The summed E-state index contributed by atoms with van der Waals surface area (Å²) in [5.74, 6) is 4.15. The second kappa shape index (κ2) is 24.3. The van der Waals surface area contributed by atoms with Crippen molar-refractivity contribution in [2.24, 2.45) is 0 Å². The predicted molar refractivity (Wildman–Crippen MR) is 338 cm³/mol. The van der Waals surface area contributed by atoms with Crippen LogP contribution in [0.3, 0.4) is 0 Å². The van der Waals surface area contributed by atoms with Gasteiger partial charge in [-0.15, -0.1) is 0 Å². The lowest BCUT2D eigenvalue weighted by Crippen LogP contribution is -2.02. The number of hydrogen-bond acceptors (Lipinski definition) is 12. The summed E-state index contributed by atoms with van der Waals surface area (Å²) in [5.41, 5.74) is 15.1. The Morgan fingerprint density at radius 1 is 0.310 bits per heavy atom. The van der Waals surface area contributed by atoms with Gasteiger partial charge in [-0.3, -0.25) is 19.9 Å². The minimum atomic E-state index is 0.498. The van der Waals surface area contributed by atoms with E-state index in [4.69, 9.17) is 46.2 Å². The van der Waals surface area contributed by atoms with Gasteiger partial charge in [0.15, 0.2) is 34.9 Å². The molecule has 0 unspecified atom stereocenters. The van der Waals surface area contributed by atoms with Gasteiger partial charge < -0.3 is 9.68 Å². The number of fused-ring (bicyclic) bond motifs is 6. The van der Waals surface area contributed by atoms with Crippen LogP contribution in [0.15, 0.2) is 231 Å². The van der Waals surface area contributed by atoms with E-state index < -0.39 is 0 Å². The second-order valence-electron chi connectivity index (χ2n) is 19.9. The molecule has 0 aliphatic carbocycles. The number of halogens is 1. The van der Waals surface area contributed by atoms with Gasteiger partial charge in [0.25, 0.3) is 0 Å². The molecule has 0 aliphatic heterocycles. The Hall–Kier alpha value is -10.5. The predicted octanol–water partition coefficient (Wildman–Crippen LogP) is 16.1. The van der Waals surface area contributed by atoms with Gasteiger partial charge in [0.2, 0.25) is 0 Å². The average molecular weight is 1110 g/mol. The van der Waals surface area contributed by atoms with E-state index in [1.807, 2.05) is 191 Å². The number of rotatable bonds is 9. The van der Waals surface area contributed by atoms with Crippen molar-refractivity contribution in [3.63, 3.8) is 0 Å². The van der Waals surface area contributed by atoms with Crippen molar-refractivity contribution in [2.75, 3.05) is 0 Å². The highest BCUT2D eigenvalue weighted by Gasteiger charge is 2.17. The Morgan fingerprint density at radius 2 is 0.667 bits per heavy atom. The van der Waals surface area contributed by atoms with Gasteiger partial charge in [0, 0.05) is 77.7 Å². The molecular weight excluding hydrogens is 1060 g/mol. The molecule has 0 atom stereocenters. The van der Waals surface area contributed by atoms with Crippen LogP contribution < -0.4 is 4.65 Å². The lowest BCUT2D eigenvalue weighted by Gasteiger charge is -2.12. The molecule has 0 saturated heterocycles. The fourth-order valence-electron chi connectivity index (χ4n) is 9.85. The molecule has 403 valence electrons. The maximum absolute atomic E-state index is 8.88. The summed E-state index contributed by atoms with van der Waals surface area (Å²) in [6, 6.07) is 75.8.